The summed E-state index contributed by atoms with van der Waals surface area (Å²) >= 11 is 7.56. The zero-order valence-electron chi connectivity index (χ0n) is 17.0. The summed E-state index contributed by atoms with van der Waals surface area (Å²) in [4.78, 5) is 19.0. The van der Waals surface area contributed by atoms with Gasteiger partial charge in [-0.05, 0) is 63.3 Å². The Bertz CT molecular complexity index is 1020. The van der Waals surface area contributed by atoms with Crippen LogP contribution in [-0.4, -0.2) is 43.7 Å². The van der Waals surface area contributed by atoms with Crippen LogP contribution in [0.25, 0.3) is 0 Å². The molecule has 0 N–H and O–H groups in total. The van der Waals surface area contributed by atoms with Crippen molar-refractivity contribution < 1.29 is 22.4 Å². The number of alkyl halides is 4. The van der Waals surface area contributed by atoms with Gasteiger partial charge in [-0.3, -0.25) is 14.7 Å². The maximum Gasteiger partial charge on any atom is 0.419 e. The largest absolute Gasteiger partial charge is 0.419 e. The fraction of sp³-hybridized carbons (Fsp3) is 0.333. The van der Waals surface area contributed by atoms with Crippen molar-refractivity contribution in [2.24, 2.45) is 4.99 Å². The Morgan fingerprint density at radius 2 is 2.03 bits per heavy atom. The van der Waals surface area contributed by atoms with Gasteiger partial charge in [0.05, 0.1) is 5.57 Å². The van der Waals surface area contributed by atoms with E-state index in [2.05, 4.69) is 40.9 Å². The van der Waals surface area contributed by atoms with Crippen molar-refractivity contribution in [2.45, 2.75) is 37.9 Å². The van der Waals surface area contributed by atoms with Crippen molar-refractivity contribution in [1.29, 1.82) is 5.26 Å². The van der Waals surface area contributed by atoms with E-state index in [4.69, 9.17) is 17.5 Å². The van der Waals surface area contributed by atoms with Crippen LogP contribution in [0.5, 0.6) is 0 Å². The van der Waals surface area contributed by atoms with Crippen LogP contribution < -0.4 is 0 Å². The Hall–Kier alpha value is -2.33. The van der Waals surface area contributed by atoms with E-state index in [1.807, 2.05) is 0 Å². The minimum Gasteiger partial charge on any atom is -0.303 e. The highest BCUT2D eigenvalue weighted by Crippen LogP contribution is 2.48. The highest BCUT2D eigenvalue weighted by atomic mass is 127. The van der Waals surface area contributed by atoms with E-state index in [9.17, 15) is 22.4 Å². The van der Waals surface area contributed by atoms with Gasteiger partial charge in [0.15, 0.2) is 10.8 Å². The number of carbonyl (C=O) groups excluding carboxylic acids is 1. The first-order valence-corrected chi connectivity index (χ1v) is 11.2. The van der Waals surface area contributed by atoms with Gasteiger partial charge in [0.1, 0.15) is 17.4 Å². The number of rotatable bonds is 7. The average Bonchev–Trinajstić information content (AvgIpc) is 2.91. The van der Waals surface area contributed by atoms with Crippen LogP contribution in [0.4, 0.5) is 17.6 Å². The van der Waals surface area contributed by atoms with Crippen molar-refractivity contribution in [3.8, 4) is 6.07 Å². The fourth-order valence-electron chi connectivity index (χ4n) is 3.54. The Morgan fingerprint density at radius 1 is 1.41 bits per heavy atom. The summed E-state index contributed by atoms with van der Waals surface area (Å²) in [6, 6.07) is 1.36. The SMILES string of the molecule is C=N/C(C#N)=C(\C=C(/C)N1C(=O)C2(CCC2)N(C(/C=C\CI)=C/C(=C)F)C1=S)C(F)(F)F. The van der Waals surface area contributed by atoms with Gasteiger partial charge < -0.3 is 4.90 Å². The fourth-order valence-corrected chi connectivity index (χ4v) is 4.30. The standard InChI is InChI=1S/C21H19F4IN4OS/c1-13(22)10-15(6-4-9-26)30-19(32)29(18(31)20(30)7-5-8-20)14(2)11-16(21(23,24)25)17(12-27)28-3/h4,6,10-11H,1,3,5,7-9H2,2H3/b6-4-,14-11+,15-10+,17-16+. The lowest BCUT2D eigenvalue weighted by Gasteiger charge is -2.43. The van der Waals surface area contributed by atoms with Gasteiger partial charge in [-0.1, -0.05) is 35.2 Å². The summed E-state index contributed by atoms with van der Waals surface area (Å²) in [5.74, 6) is -1.26. The average molecular weight is 578 g/mol. The molecule has 0 aromatic rings. The number of nitrogens with zero attached hydrogens (tertiary/aromatic N) is 4. The lowest BCUT2D eigenvalue weighted by Crippen LogP contribution is -2.54. The molecule has 2 fully saturated rings. The second-order valence-electron chi connectivity index (χ2n) is 7.03. The van der Waals surface area contributed by atoms with Gasteiger partial charge in [0.25, 0.3) is 5.91 Å². The van der Waals surface area contributed by atoms with Crippen molar-refractivity contribution in [3.63, 3.8) is 0 Å². The molecule has 0 aromatic carbocycles. The van der Waals surface area contributed by atoms with Crippen LogP contribution in [-0.2, 0) is 4.79 Å². The van der Waals surface area contributed by atoms with Crippen molar-refractivity contribution >= 4 is 52.5 Å². The van der Waals surface area contributed by atoms with Crippen LogP contribution >= 0.6 is 34.8 Å². The molecule has 0 unspecified atom stereocenters. The van der Waals surface area contributed by atoms with E-state index in [-0.39, 0.29) is 16.5 Å². The van der Waals surface area contributed by atoms with Crippen LogP contribution in [0.1, 0.15) is 26.2 Å². The molecule has 1 aliphatic heterocycles. The second-order valence-corrected chi connectivity index (χ2v) is 8.28. The smallest absolute Gasteiger partial charge is 0.303 e. The van der Waals surface area contributed by atoms with Crippen LogP contribution in [0.2, 0.25) is 0 Å². The molecule has 11 heteroatoms. The van der Waals surface area contributed by atoms with E-state index < -0.39 is 34.7 Å². The molecular weight excluding hydrogens is 559 g/mol. The topological polar surface area (TPSA) is 59.7 Å². The summed E-state index contributed by atoms with van der Waals surface area (Å²) < 4.78 is 54.9. The number of halogens is 5. The lowest BCUT2D eigenvalue weighted by molar-refractivity contribution is -0.135. The van der Waals surface area contributed by atoms with Gasteiger partial charge in [-0.2, -0.15) is 18.4 Å². The minimum atomic E-state index is -4.91. The first-order chi connectivity index (χ1) is 14.9. The molecule has 0 bridgehead atoms. The predicted molar refractivity (Wildman–Crippen MR) is 126 cm³/mol. The Labute approximate surface area is 202 Å². The molecular formula is C21H19F4IN4OS. The Kier molecular flexibility index (Phi) is 8.17. The maximum absolute atomic E-state index is 13.7. The van der Waals surface area contributed by atoms with E-state index in [1.165, 1.54) is 17.9 Å². The first-order valence-electron chi connectivity index (χ1n) is 9.28. The van der Waals surface area contributed by atoms with Crippen molar-refractivity contribution in [1.82, 2.24) is 9.80 Å². The molecule has 1 saturated carbocycles. The predicted octanol–water partition coefficient (Wildman–Crippen LogP) is 5.64. The molecule has 32 heavy (non-hydrogen) atoms. The van der Waals surface area contributed by atoms with Gasteiger partial charge in [0.2, 0.25) is 0 Å². The quantitative estimate of drug-likeness (QED) is 0.0747. The summed E-state index contributed by atoms with van der Waals surface area (Å²) in [6.45, 7) is 7.52. The highest BCUT2D eigenvalue weighted by Gasteiger charge is 2.59. The summed E-state index contributed by atoms with van der Waals surface area (Å²) in [6.07, 6.45) is 1.70. The molecule has 0 radical (unpaired) electrons. The number of amides is 1. The van der Waals surface area contributed by atoms with Crippen molar-refractivity contribution in [2.75, 3.05) is 4.43 Å². The number of carbonyl (C=O) groups is 1. The third kappa shape index (κ3) is 4.85. The molecule has 5 nitrogen and oxygen atoms in total. The van der Waals surface area contributed by atoms with Crippen LogP contribution in [0.15, 0.2) is 64.4 Å². The molecule has 2 aliphatic rings. The van der Waals surface area contributed by atoms with Gasteiger partial charge in [-0.25, -0.2) is 4.39 Å². The minimum absolute atomic E-state index is 0.0827. The normalized spacial score (nSPS) is 19.9. The van der Waals surface area contributed by atoms with E-state index in [0.717, 1.165) is 11.0 Å². The highest BCUT2D eigenvalue weighted by molar-refractivity contribution is 14.1. The summed E-state index contributed by atoms with van der Waals surface area (Å²) in [5.41, 5.74) is -3.25. The Morgan fingerprint density at radius 3 is 2.44 bits per heavy atom. The van der Waals surface area contributed by atoms with Crippen LogP contribution in [0, 0.1) is 11.3 Å². The zero-order valence-corrected chi connectivity index (χ0v) is 20.0. The van der Waals surface area contributed by atoms with Gasteiger partial charge >= 0.3 is 6.18 Å². The second kappa shape index (κ2) is 10.1. The van der Waals surface area contributed by atoms with Gasteiger partial charge in [0, 0.05) is 15.8 Å². The van der Waals surface area contributed by atoms with Crippen molar-refractivity contribution in [3.05, 3.63) is 59.4 Å². The molecule has 170 valence electrons. The maximum atomic E-state index is 13.7. The third-order valence-electron chi connectivity index (χ3n) is 5.06. The first kappa shape index (κ1) is 25.9. The number of aliphatic imine (C=N–C) groups is 1. The van der Waals surface area contributed by atoms with E-state index >= 15 is 0 Å². The summed E-state index contributed by atoms with van der Waals surface area (Å²) in [5, 5.41) is 8.93. The van der Waals surface area contributed by atoms with Crippen LogP contribution in [0.3, 0.4) is 0 Å². The molecule has 0 aromatic heterocycles. The molecule has 1 amide bonds. The third-order valence-corrected chi connectivity index (χ3v) is 5.94. The monoisotopic (exact) mass is 578 g/mol. The Balaban J connectivity index is 2.64. The number of hydrogen-bond acceptors (Lipinski definition) is 4. The molecule has 1 saturated heterocycles. The van der Waals surface area contributed by atoms with E-state index in [0.29, 0.717) is 29.8 Å². The number of thiocarbonyl (C=S) groups is 1. The number of hydrogen-bond donors (Lipinski definition) is 0. The van der Waals surface area contributed by atoms with E-state index in [1.54, 1.807) is 12.2 Å². The van der Waals surface area contributed by atoms with Gasteiger partial charge in [-0.15, -0.1) is 0 Å². The molecule has 0 atom stereocenters. The molecule has 1 aliphatic carbocycles. The lowest BCUT2D eigenvalue weighted by atomic mass is 9.75. The summed E-state index contributed by atoms with van der Waals surface area (Å²) in [7, 11) is 0. The number of allylic oxidation sites excluding steroid dienone is 8. The molecule has 2 rings (SSSR count). The molecule has 1 spiro atoms. The number of nitriles is 1. The zero-order chi connectivity index (χ0) is 24.3. The molecule has 1 heterocycles.